The summed E-state index contributed by atoms with van der Waals surface area (Å²) in [5.41, 5.74) is -0.516. The third-order valence-electron chi connectivity index (χ3n) is 3.92. The standard InChI is InChI=1S/C14H27N3O3/c1-6-10-9-17(8-7-16(10)5)13(20)15-11(12(18)19)14(2,3)4/h10-11H,6-9H2,1-5H3,(H,15,20)(H,18,19)/t10?,11-/m0/s1. The number of amides is 2. The summed E-state index contributed by atoms with van der Waals surface area (Å²) < 4.78 is 0. The zero-order valence-corrected chi connectivity index (χ0v) is 13.1. The molecule has 1 rings (SSSR count). The van der Waals surface area contributed by atoms with Crippen LogP contribution in [-0.2, 0) is 4.79 Å². The number of likely N-dealkylation sites (N-methyl/N-ethyl adjacent to an activating group) is 1. The van der Waals surface area contributed by atoms with Gasteiger partial charge in [-0.2, -0.15) is 0 Å². The van der Waals surface area contributed by atoms with Crippen molar-refractivity contribution in [1.82, 2.24) is 15.1 Å². The second-order valence-corrected chi connectivity index (χ2v) is 6.58. The maximum Gasteiger partial charge on any atom is 0.326 e. The van der Waals surface area contributed by atoms with Crippen molar-refractivity contribution in [3.63, 3.8) is 0 Å². The van der Waals surface area contributed by atoms with Crippen molar-refractivity contribution in [2.45, 2.75) is 46.2 Å². The van der Waals surface area contributed by atoms with Gasteiger partial charge in [-0.25, -0.2) is 9.59 Å². The molecule has 2 N–H and O–H groups in total. The lowest BCUT2D eigenvalue weighted by Crippen LogP contribution is -2.59. The van der Waals surface area contributed by atoms with E-state index in [0.717, 1.165) is 13.0 Å². The van der Waals surface area contributed by atoms with Crippen molar-refractivity contribution in [3.8, 4) is 0 Å². The van der Waals surface area contributed by atoms with E-state index in [2.05, 4.69) is 24.2 Å². The van der Waals surface area contributed by atoms with Crippen LogP contribution in [0.3, 0.4) is 0 Å². The topological polar surface area (TPSA) is 72.9 Å². The Bertz CT molecular complexity index is 365. The highest BCUT2D eigenvalue weighted by Gasteiger charge is 2.35. The minimum atomic E-state index is -0.994. The van der Waals surface area contributed by atoms with Gasteiger partial charge in [-0.1, -0.05) is 27.7 Å². The average molecular weight is 285 g/mol. The average Bonchev–Trinajstić information content (AvgIpc) is 2.34. The van der Waals surface area contributed by atoms with Crippen LogP contribution < -0.4 is 5.32 Å². The van der Waals surface area contributed by atoms with Crippen molar-refractivity contribution in [2.24, 2.45) is 5.41 Å². The van der Waals surface area contributed by atoms with Gasteiger partial charge in [-0.15, -0.1) is 0 Å². The number of hydrogen-bond donors (Lipinski definition) is 2. The maximum atomic E-state index is 12.3. The Morgan fingerprint density at radius 1 is 1.35 bits per heavy atom. The van der Waals surface area contributed by atoms with Crippen LogP contribution in [0.25, 0.3) is 0 Å². The number of carbonyl (C=O) groups is 2. The molecule has 2 amide bonds. The minimum absolute atomic E-state index is 0.279. The fraction of sp³-hybridized carbons (Fsp3) is 0.857. The summed E-state index contributed by atoms with van der Waals surface area (Å²) in [4.78, 5) is 27.5. The molecule has 1 aliphatic heterocycles. The van der Waals surface area contributed by atoms with Crippen LogP contribution in [-0.4, -0.2) is 65.7 Å². The molecule has 2 atom stereocenters. The first-order chi connectivity index (χ1) is 9.16. The molecular formula is C14H27N3O3. The Morgan fingerprint density at radius 2 is 1.95 bits per heavy atom. The fourth-order valence-electron chi connectivity index (χ4n) is 2.43. The van der Waals surface area contributed by atoms with Crippen molar-refractivity contribution < 1.29 is 14.7 Å². The summed E-state index contributed by atoms with van der Waals surface area (Å²) >= 11 is 0. The molecule has 0 aromatic heterocycles. The molecule has 0 aromatic rings. The van der Waals surface area contributed by atoms with Crippen LogP contribution >= 0.6 is 0 Å². The SMILES string of the molecule is CCC1CN(C(=O)N[C@@H](C(=O)O)C(C)(C)C)CCN1C. The number of piperazine rings is 1. The minimum Gasteiger partial charge on any atom is -0.480 e. The summed E-state index contributed by atoms with van der Waals surface area (Å²) in [6.45, 7) is 9.63. The van der Waals surface area contributed by atoms with Crippen molar-refractivity contribution in [1.29, 1.82) is 0 Å². The van der Waals surface area contributed by atoms with Gasteiger partial charge < -0.3 is 15.3 Å². The maximum absolute atomic E-state index is 12.3. The first kappa shape index (κ1) is 16.8. The molecule has 116 valence electrons. The van der Waals surface area contributed by atoms with E-state index in [4.69, 9.17) is 0 Å². The zero-order valence-electron chi connectivity index (χ0n) is 13.1. The highest BCUT2D eigenvalue weighted by molar-refractivity contribution is 5.83. The monoisotopic (exact) mass is 285 g/mol. The van der Waals surface area contributed by atoms with Gasteiger partial charge in [0.25, 0.3) is 0 Å². The molecular weight excluding hydrogens is 258 g/mol. The van der Waals surface area contributed by atoms with E-state index in [1.165, 1.54) is 0 Å². The summed E-state index contributed by atoms with van der Waals surface area (Å²) in [7, 11) is 2.05. The third kappa shape index (κ3) is 4.10. The molecule has 0 aliphatic carbocycles. The number of carboxylic acid groups (broad SMARTS) is 1. The number of urea groups is 1. The number of carboxylic acids is 1. The molecule has 6 heteroatoms. The number of nitrogens with zero attached hydrogens (tertiary/aromatic N) is 2. The van der Waals surface area contributed by atoms with E-state index in [0.29, 0.717) is 19.1 Å². The van der Waals surface area contributed by atoms with Crippen molar-refractivity contribution in [2.75, 3.05) is 26.7 Å². The zero-order chi connectivity index (χ0) is 15.5. The molecule has 1 saturated heterocycles. The summed E-state index contributed by atoms with van der Waals surface area (Å²) in [6.07, 6.45) is 0.974. The van der Waals surface area contributed by atoms with Gasteiger partial charge in [-0.05, 0) is 18.9 Å². The van der Waals surface area contributed by atoms with Gasteiger partial charge >= 0.3 is 12.0 Å². The van der Waals surface area contributed by atoms with Crippen LogP contribution in [0.1, 0.15) is 34.1 Å². The highest BCUT2D eigenvalue weighted by Crippen LogP contribution is 2.20. The van der Waals surface area contributed by atoms with Gasteiger partial charge in [0.2, 0.25) is 0 Å². The molecule has 20 heavy (non-hydrogen) atoms. The quantitative estimate of drug-likeness (QED) is 0.818. The lowest BCUT2D eigenvalue weighted by Gasteiger charge is -2.40. The molecule has 0 aromatic carbocycles. The van der Waals surface area contributed by atoms with Gasteiger partial charge in [0.05, 0.1) is 0 Å². The second-order valence-electron chi connectivity index (χ2n) is 6.58. The molecule has 1 unspecified atom stereocenters. The number of aliphatic carboxylic acids is 1. The predicted octanol–water partition coefficient (Wildman–Crippen LogP) is 1.22. The Balaban J connectivity index is 2.68. The van der Waals surface area contributed by atoms with E-state index in [-0.39, 0.29) is 6.03 Å². The van der Waals surface area contributed by atoms with Crippen LogP contribution in [0.2, 0.25) is 0 Å². The van der Waals surface area contributed by atoms with E-state index in [1.54, 1.807) is 4.90 Å². The summed E-state index contributed by atoms with van der Waals surface area (Å²) in [5.74, 6) is -0.994. The van der Waals surface area contributed by atoms with Crippen LogP contribution in [0.5, 0.6) is 0 Å². The number of hydrogen-bond acceptors (Lipinski definition) is 3. The van der Waals surface area contributed by atoms with E-state index in [1.807, 2.05) is 20.8 Å². The van der Waals surface area contributed by atoms with Gasteiger partial charge in [-0.3, -0.25) is 4.90 Å². The summed E-state index contributed by atoms with van der Waals surface area (Å²) in [6, 6.07) is -0.818. The Labute approximate surface area is 121 Å². The third-order valence-corrected chi connectivity index (χ3v) is 3.92. The van der Waals surface area contributed by atoms with Crippen molar-refractivity contribution in [3.05, 3.63) is 0 Å². The second kappa shape index (κ2) is 6.43. The molecule has 0 saturated carbocycles. The van der Waals surface area contributed by atoms with E-state index in [9.17, 15) is 14.7 Å². The van der Waals surface area contributed by atoms with Crippen LogP contribution in [0.4, 0.5) is 4.79 Å². The lowest BCUT2D eigenvalue weighted by molar-refractivity contribution is -0.142. The smallest absolute Gasteiger partial charge is 0.326 e. The highest BCUT2D eigenvalue weighted by atomic mass is 16.4. The van der Waals surface area contributed by atoms with Gasteiger partial charge in [0, 0.05) is 25.7 Å². The molecule has 0 bridgehead atoms. The first-order valence-electron chi connectivity index (χ1n) is 7.15. The van der Waals surface area contributed by atoms with E-state index >= 15 is 0 Å². The number of carbonyl (C=O) groups excluding carboxylic acids is 1. The molecule has 1 aliphatic rings. The van der Waals surface area contributed by atoms with Crippen LogP contribution in [0.15, 0.2) is 0 Å². The molecule has 6 nitrogen and oxygen atoms in total. The predicted molar refractivity (Wildman–Crippen MR) is 77.7 cm³/mol. The van der Waals surface area contributed by atoms with Crippen molar-refractivity contribution >= 4 is 12.0 Å². The van der Waals surface area contributed by atoms with Crippen LogP contribution in [0, 0.1) is 5.41 Å². The van der Waals surface area contributed by atoms with E-state index < -0.39 is 17.4 Å². The Morgan fingerprint density at radius 3 is 2.40 bits per heavy atom. The normalized spacial score (nSPS) is 22.4. The number of rotatable bonds is 3. The Kier molecular flexibility index (Phi) is 5.39. The summed E-state index contributed by atoms with van der Waals surface area (Å²) in [5, 5.41) is 11.9. The largest absolute Gasteiger partial charge is 0.480 e. The Hall–Kier alpha value is -1.30. The molecule has 1 heterocycles. The number of nitrogens with one attached hydrogen (secondary N) is 1. The van der Waals surface area contributed by atoms with Gasteiger partial charge in [0.15, 0.2) is 0 Å². The first-order valence-corrected chi connectivity index (χ1v) is 7.15. The fourth-order valence-corrected chi connectivity index (χ4v) is 2.43. The molecule has 1 fully saturated rings. The lowest BCUT2D eigenvalue weighted by atomic mass is 9.87. The molecule has 0 radical (unpaired) electrons. The molecule has 0 spiro atoms. The van der Waals surface area contributed by atoms with Gasteiger partial charge in [0.1, 0.15) is 6.04 Å².